The molecule has 0 saturated carbocycles. The molecule has 0 radical (unpaired) electrons. The molecule has 0 spiro atoms. The van der Waals surface area contributed by atoms with Gasteiger partial charge in [-0.2, -0.15) is 5.26 Å². The third kappa shape index (κ3) is 6.09. The first-order chi connectivity index (χ1) is 7.61. The first kappa shape index (κ1) is 15.4. The van der Waals surface area contributed by atoms with Gasteiger partial charge < -0.3 is 4.90 Å². The van der Waals surface area contributed by atoms with Gasteiger partial charge in [0.05, 0.1) is 6.07 Å². The van der Waals surface area contributed by atoms with Crippen LogP contribution in [0.4, 0.5) is 0 Å². The van der Waals surface area contributed by atoms with Crippen LogP contribution < -0.4 is 5.32 Å². The molecule has 1 atom stereocenters. The summed E-state index contributed by atoms with van der Waals surface area (Å²) in [5, 5.41) is 12.3. The number of nitrogens with one attached hydrogen (secondary N) is 1. The van der Waals surface area contributed by atoms with Gasteiger partial charge >= 0.3 is 0 Å². The smallest absolute Gasteiger partial charge is 0.103 e. The molecule has 0 rings (SSSR count). The summed E-state index contributed by atoms with van der Waals surface area (Å²) in [5.41, 5.74) is -0.335. The average Bonchev–Trinajstić information content (AvgIpc) is 2.30. The van der Waals surface area contributed by atoms with Gasteiger partial charge in [-0.05, 0) is 52.4 Å². The first-order valence-corrected chi connectivity index (χ1v) is 6.50. The minimum absolute atomic E-state index is 0.335. The molecule has 0 aromatic heterocycles. The van der Waals surface area contributed by atoms with Gasteiger partial charge in [0.2, 0.25) is 0 Å². The van der Waals surface area contributed by atoms with Crippen LogP contribution in [0.2, 0.25) is 0 Å². The zero-order chi connectivity index (χ0) is 12.4. The molecule has 0 fully saturated rings. The second kappa shape index (κ2) is 8.55. The fourth-order valence-corrected chi connectivity index (χ4v) is 1.93. The van der Waals surface area contributed by atoms with Crippen molar-refractivity contribution in [1.29, 1.82) is 5.26 Å². The normalized spacial score (nSPS) is 14.8. The summed E-state index contributed by atoms with van der Waals surface area (Å²) >= 11 is 0. The van der Waals surface area contributed by atoms with Gasteiger partial charge in [0.25, 0.3) is 0 Å². The zero-order valence-electron chi connectivity index (χ0n) is 11.3. The predicted octanol–water partition coefficient (Wildman–Crippen LogP) is 2.39. The lowest BCUT2D eigenvalue weighted by molar-refractivity contribution is 0.289. The molecule has 1 N–H and O–H groups in total. The minimum atomic E-state index is -0.335. The maximum atomic E-state index is 9.09. The Hall–Kier alpha value is -0.590. The molecule has 0 aliphatic carbocycles. The van der Waals surface area contributed by atoms with Crippen LogP contribution in [0, 0.1) is 11.3 Å². The highest BCUT2D eigenvalue weighted by molar-refractivity contribution is 5.03. The summed E-state index contributed by atoms with van der Waals surface area (Å²) in [6.45, 7) is 12.7. The van der Waals surface area contributed by atoms with Crippen molar-refractivity contribution >= 4 is 0 Å². The topological polar surface area (TPSA) is 39.1 Å². The second-order valence-electron chi connectivity index (χ2n) is 4.46. The summed E-state index contributed by atoms with van der Waals surface area (Å²) in [5.74, 6) is 0. The largest absolute Gasteiger partial charge is 0.304 e. The molecular formula is C13H27N3. The monoisotopic (exact) mass is 225 g/mol. The van der Waals surface area contributed by atoms with Crippen molar-refractivity contribution in [3.8, 4) is 6.07 Å². The Morgan fingerprint density at radius 1 is 1.19 bits per heavy atom. The van der Waals surface area contributed by atoms with E-state index in [0.29, 0.717) is 0 Å². The Balaban J connectivity index is 3.75. The molecule has 0 heterocycles. The Kier molecular flexibility index (Phi) is 8.23. The molecule has 0 aromatic carbocycles. The predicted molar refractivity (Wildman–Crippen MR) is 69.3 cm³/mol. The summed E-state index contributed by atoms with van der Waals surface area (Å²) in [7, 11) is 0. The van der Waals surface area contributed by atoms with Crippen molar-refractivity contribution in [3.05, 3.63) is 0 Å². The summed E-state index contributed by atoms with van der Waals surface area (Å²) < 4.78 is 0. The Morgan fingerprint density at radius 3 is 2.25 bits per heavy atom. The van der Waals surface area contributed by atoms with E-state index in [2.05, 4.69) is 30.1 Å². The van der Waals surface area contributed by atoms with E-state index in [0.717, 1.165) is 39.0 Å². The van der Waals surface area contributed by atoms with Crippen LogP contribution in [0.5, 0.6) is 0 Å². The third-order valence-corrected chi connectivity index (χ3v) is 3.11. The van der Waals surface area contributed by atoms with E-state index in [-0.39, 0.29) is 5.54 Å². The zero-order valence-corrected chi connectivity index (χ0v) is 11.3. The van der Waals surface area contributed by atoms with Gasteiger partial charge in [-0.3, -0.25) is 5.32 Å². The van der Waals surface area contributed by atoms with E-state index in [1.807, 2.05) is 13.8 Å². The van der Waals surface area contributed by atoms with Crippen LogP contribution in [0.25, 0.3) is 0 Å². The van der Waals surface area contributed by atoms with E-state index >= 15 is 0 Å². The molecule has 3 nitrogen and oxygen atoms in total. The number of rotatable bonds is 9. The van der Waals surface area contributed by atoms with Crippen LogP contribution in [-0.2, 0) is 0 Å². The number of nitriles is 1. The number of hydrogen-bond donors (Lipinski definition) is 1. The van der Waals surface area contributed by atoms with Crippen LogP contribution in [-0.4, -0.2) is 36.6 Å². The Labute approximate surface area is 101 Å². The van der Waals surface area contributed by atoms with Crippen LogP contribution in [0.3, 0.4) is 0 Å². The highest BCUT2D eigenvalue weighted by Gasteiger charge is 2.21. The van der Waals surface area contributed by atoms with Crippen LogP contribution in [0.15, 0.2) is 0 Å². The molecule has 3 heteroatoms. The minimum Gasteiger partial charge on any atom is -0.304 e. The fourth-order valence-electron chi connectivity index (χ4n) is 1.93. The number of unbranched alkanes of at least 4 members (excludes halogenated alkanes) is 1. The van der Waals surface area contributed by atoms with Crippen molar-refractivity contribution in [1.82, 2.24) is 10.2 Å². The van der Waals surface area contributed by atoms with E-state index in [9.17, 15) is 0 Å². The van der Waals surface area contributed by atoms with E-state index in [1.54, 1.807) is 0 Å². The van der Waals surface area contributed by atoms with Crippen molar-refractivity contribution in [3.63, 3.8) is 0 Å². The van der Waals surface area contributed by atoms with Gasteiger partial charge in [0.15, 0.2) is 0 Å². The van der Waals surface area contributed by atoms with Crippen LogP contribution >= 0.6 is 0 Å². The van der Waals surface area contributed by atoms with Crippen molar-refractivity contribution in [2.75, 3.05) is 26.2 Å². The molecule has 0 aliphatic rings. The number of hydrogen-bond acceptors (Lipinski definition) is 3. The maximum Gasteiger partial charge on any atom is 0.103 e. The van der Waals surface area contributed by atoms with Crippen molar-refractivity contribution in [2.45, 2.75) is 52.5 Å². The lowest BCUT2D eigenvalue weighted by Crippen LogP contribution is -2.40. The van der Waals surface area contributed by atoms with Crippen LogP contribution in [0.1, 0.15) is 47.0 Å². The summed E-state index contributed by atoms with van der Waals surface area (Å²) in [6, 6.07) is 2.37. The average molecular weight is 225 g/mol. The van der Waals surface area contributed by atoms with E-state index in [1.165, 1.54) is 6.42 Å². The van der Waals surface area contributed by atoms with Crippen molar-refractivity contribution in [2.24, 2.45) is 0 Å². The lowest BCUT2D eigenvalue weighted by Gasteiger charge is -2.23. The Morgan fingerprint density at radius 2 is 1.81 bits per heavy atom. The van der Waals surface area contributed by atoms with E-state index < -0.39 is 0 Å². The molecule has 0 amide bonds. The highest BCUT2D eigenvalue weighted by atomic mass is 15.1. The SMILES string of the molecule is CCNC(C)(C#N)CCCCN(CC)CC. The van der Waals surface area contributed by atoms with E-state index in [4.69, 9.17) is 5.26 Å². The standard InChI is InChI=1S/C13H27N3/c1-5-15-13(4,12-14)10-8-9-11-16(6-2)7-3/h15H,5-11H2,1-4H3. The lowest BCUT2D eigenvalue weighted by atomic mass is 9.96. The van der Waals surface area contributed by atoms with Gasteiger partial charge in [-0.1, -0.05) is 20.8 Å². The van der Waals surface area contributed by atoms with Gasteiger partial charge in [0, 0.05) is 0 Å². The molecule has 0 aliphatic heterocycles. The summed E-state index contributed by atoms with van der Waals surface area (Å²) in [6.07, 6.45) is 3.25. The van der Waals surface area contributed by atoms with Crippen molar-refractivity contribution < 1.29 is 0 Å². The van der Waals surface area contributed by atoms with Gasteiger partial charge in [-0.15, -0.1) is 0 Å². The third-order valence-electron chi connectivity index (χ3n) is 3.11. The molecule has 0 bridgehead atoms. The Bertz CT molecular complexity index is 206. The summed E-state index contributed by atoms with van der Waals surface area (Å²) in [4.78, 5) is 2.43. The molecule has 94 valence electrons. The maximum absolute atomic E-state index is 9.09. The second-order valence-corrected chi connectivity index (χ2v) is 4.46. The fraction of sp³-hybridized carbons (Fsp3) is 0.923. The van der Waals surface area contributed by atoms with Gasteiger partial charge in [-0.25, -0.2) is 0 Å². The highest BCUT2D eigenvalue weighted by Crippen LogP contribution is 2.12. The van der Waals surface area contributed by atoms with Gasteiger partial charge in [0.1, 0.15) is 5.54 Å². The first-order valence-electron chi connectivity index (χ1n) is 6.50. The molecule has 16 heavy (non-hydrogen) atoms. The number of nitrogens with zero attached hydrogens (tertiary/aromatic N) is 2. The molecule has 0 aromatic rings. The quantitative estimate of drug-likeness (QED) is 0.612. The molecule has 1 unspecified atom stereocenters. The molecule has 0 saturated heterocycles. The molecular weight excluding hydrogens is 198 g/mol.